The third-order valence-electron chi connectivity index (χ3n) is 6.03. The van der Waals surface area contributed by atoms with Gasteiger partial charge in [0.05, 0.1) is 5.92 Å². The van der Waals surface area contributed by atoms with Gasteiger partial charge in [0, 0.05) is 31.7 Å². The molecule has 120 valence electrons. The number of hydrogen-bond donors (Lipinski definition) is 1. The van der Waals surface area contributed by atoms with Crippen LogP contribution in [0.25, 0.3) is 0 Å². The topological polar surface area (TPSA) is 43.8 Å². The van der Waals surface area contributed by atoms with Crippen LogP contribution in [0.3, 0.4) is 0 Å². The summed E-state index contributed by atoms with van der Waals surface area (Å²) in [5.41, 5.74) is 0. The summed E-state index contributed by atoms with van der Waals surface area (Å²) in [4.78, 5) is 16.8. The van der Waals surface area contributed by atoms with Crippen molar-refractivity contribution in [3.8, 4) is 0 Å². The fourth-order valence-electron chi connectivity index (χ4n) is 4.91. The lowest BCUT2D eigenvalue weighted by Crippen LogP contribution is -2.57. The second-order valence-corrected chi connectivity index (χ2v) is 7.31. The third-order valence-corrected chi connectivity index (χ3v) is 6.03. The average molecular weight is 294 g/mol. The van der Waals surface area contributed by atoms with Crippen molar-refractivity contribution in [3.63, 3.8) is 0 Å². The first-order valence-corrected chi connectivity index (χ1v) is 8.90. The number of carboxylic acid groups (broad SMARTS) is 1. The van der Waals surface area contributed by atoms with Gasteiger partial charge < -0.3 is 5.11 Å². The Hall–Kier alpha value is -0.610. The fourth-order valence-corrected chi connectivity index (χ4v) is 4.91. The molecule has 0 aromatic carbocycles. The van der Waals surface area contributed by atoms with E-state index >= 15 is 0 Å². The zero-order chi connectivity index (χ0) is 14.8. The van der Waals surface area contributed by atoms with Crippen LogP contribution in [0.4, 0.5) is 0 Å². The van der Waals surface area contributed by atoms with Crippen LogP contribution in [0.2, 0.25) is 0 Å². The standard InChI is InChI=1S/C17H30N2O2/c1-2-4-13-6-7-15(17(20)21)16(11-13)19-10-9-18-8-3-5-14(18)12-19/h13-16H,2-12H2,1H3,(H,20,21). The van der Waals surface area contributed by atoms with Gasteiger partial charge in [-0.25, -0.2) is 0 Å². The normalized spacial score (nSPS) is 38.3. The molecular formula is C17H30N2O2. The fraction of sp³-hybridized carbons (Fsp3) is 0.941. The van der Waals surface area contributed by atoms with Crippen molar-refractivity contribution in [2.24, 2.45) is 11.8 Å². The first-order chi connectivity index (χ1) is 10.2. The van der Waals surface area contributed by atoms with Gasteiger partial charge in [-0.15, -0.1) is 0 Å². The van der Waals surface area contributed by atoms with Crippen LogP contribution in [-0.4, -0.2) is 59.1 Å². The van der Waals surface area contributed by atoms with Crippen molar-refractivity contribution in [1.82, 2.24) is 9.80 Å². The monoisotopic (exact) mass is 294 g/mol. The van der Waals surface area contributed by atoms with Gasteiger partial charge in [-0.2, -0.15) is 0 Å². The van der Waals surface area contributed by atoms with Gasteiger partial charge in [-0.1, -0.05) is 19.8 Å². The van der Waals surface area contributed by atoms with E-state index in [-0.39, 0.29) is 12.0 Å². The molecule has 2 heterocycles. The number of aliphatic carboxylic acids is 1. The Balaban J connectivity index is 1.67. The maximum absolute atomic E-state index is 11.7. The summed E-state index contributed by atoms with van der Waals surface area (Å²) >= 11 is 0. The van der Waals surface area contributed by atoms with E-state index in [2.05, 4.69) is 16.7 Å². The Labute approximate surface area is 128 Å². The van der Waals surface area contributed by atoms with Crippen LogP contribution in [0.15, 0.2) is 0 Å². The maximum Gasteiger partial charge on any atom is 0.308 e. The highest BCUT2D eigenvalue weighted by Crippen LogP contribution is 2.36. The predicted octanol–water partition coefficient (Wildman–Crippen LogP) is 2.44. The molecule has 0 aromatic heterocycles. The minimum atomic E-state index is -0.566. The lowest BCUT2D eigenvalue weighted by molar-refractivity contribution is -0.147. The minimum absolute atomic E-state index is 0.133. The first kappa shape index (κ1) is 15.3. The van der Waals surface area contributed by atoms with E-state index in [0.717, 1.165) is 44.8 Å². The van der Waals surface area contributed by atoms with Gasteiger partial charge in [-0.05, 0) is 44.6 Å². The number of nitrogens with zero attached hydrogens (tertiary/aromatic N) is 2. The van der Waals surface area contributed by atoms with Gasteiger partial charge >= 0.3 is 5.97 Å². The zero-order valence-electron chi connectivity index (χ0n) is 13.3. The summed E-state index contributed by atoms with van der Waals surface area (Å²) in [5.74, 6) is 0.0482. The molecule has 2 aliphatic heterocycles. The van der Waals surface area contributed by atoms with E-state index in [1.165, 1.54) is 32.2 Å². The van der Waals surface area contributed by atoms with Crippen LogP contribution in [-0.2, 0) is 4.79 Å². The van der Waals surface area contributed by atoms with Gasteiger partial charge in [0.25, 0.3) is 0 Å². The zero-order valence-corrected chi connectivity index (χ0v) is 13.3. The second kappa shape index (κ2) is 6.66. The average Bonchev–Trinajstić information content (AvgIpc) is 2.94. The third kappa shape index (κ3) is 3.26. The van der Waals surface area contributed by atoms with E-state index in [1.807, 2.05) is 0 Å². The highest BCUT2D eigenvalue weighted by molar-refractivity contribution is 5.71. The summed E-state index contributed by atoms with van der Waals surface area (Å²) in [6.45, 7) is 6.82. The largest absolute Gasteiger partial charge is 0.481 e. The second-order valence-electron chi connectivity index (χ2n) is 7.31. The number of piperazine rings is 1. The van der Waals surface area contributed by atoms with E-state index in [1.54, 1.807) is 0 Å². The molecule has 4 unspecified atom stereocenters. The number of rotatable bonds is 4. The highest BCUT2D eigenvalue weighted by atomic mass is 16.4. The summed E-state index contributed by atoms with van der Waals surface area (Å²) in [6, 6.07) is 0.982. The van der Waals surface area contributed by atoms with Crippen molar-refractivity contribution in [2.45, 2.75) is 64.0 Å². The van der Waals surface area contributed by atoms with Crippen molar-refractivity contribution in [2.75, 3.05) is 26.2 Å². The molecule has 0 amide bonds. The van der Waals surface area contributed by atoms with Crippen molar-refractivity contribution in [1.29, 1.82) is 0 Å². The maximum atomic E-state index is 11.7. The Bertz CT molecular complexity index is 374. The Morgan fingerprint density at radius 3 is 2.71 bits per heavy atom. The lowest BCUT2D eigenvalue weighted by atomic mass is 9.75. The molecule has 1 saturated carbocycles. The van der Waals surface area contributed by atoms with E-state index in [0.29, 0.717) is 6.04 Å². The van der Waals surface area contributed by atoms with Crippen molar-refractivity contribution >= 4 is 5.97 Å². The Kier molecular flexibility index (Phi) is 4.85. The smallest absolute Gasteiger partial charge is 0.308 e. The lowest BCUT2D eigenvalue weighted by Gasteiger charge is -2.46. The molecule has 0 spiro atoms. The molecule has 21 heavy (non-hydrogen) atoms. The molecule has 0 bridgehead atoms. The van der Waals surface area contributed by atoms with Gasteiger partial charge in [-0.3, -0.25) is 14.6 Å². The van der Waals surface area contributed by atoms with Crippen LogP contribution in [0, 0.1) is 11.8 Å². The van der Waals surface area contributed by atoms with Gasteiger partial charge in [0.15, 0.2) is 0 Å². The van der Waals surface area contributed by atoms with Crippen LogP contribution in [0.1, 0.15) is 51.9 Å². The minimum Gasteiger partial charge on any atom is -0.481 e. The van der Waals surface area contributed by atoms with E-state index in [9.17, 15) is 9.90 Å². The number of carbonyl (C=O) groups is 1. The SMILES string of the molecule is CCCC1CCC(C(=O)O)C(N2CCN3CCCC3C2)C1. The molecule has 0 aromatic rings. The summed E-state index contributed by atoms with van der Waals surface area (Å²) in [7, 11) is 0. The number of carboxylic acids is 1. The van der Waals surface area contributed by atoms with Crippen LogP contribution >= 0.6 is 0 Å². The molecular weight excluding hydrogens is 264 g/mol. The molecule has 4 heteroatoms. The summed E-state index contributed by atoms with van der Waals surface area (Å²) in [6.07, 6.45) is 8.23. The molecule has 3 rings (SSSR count). The molecule has 4 nitrogen and oxygen atoms in total. The molecule has 3 fully saturated rings. The molecule has 2 saturated heterocycles. The van der Waals surface area contributed by atoms with E-state index in [4.69, 9.17) is 0 Å². The molecule has 1 aliphatic carbocycles. The van der Waals surface area contributed by atoms with Crippen LogP contribution in [0.5, 0.6) is 0 Å². The first-order valence-electron chi connectivity index (χ1n) is 8.90. The Morgan fingerprint density at radius 2 is 1.95 bits per heavy atom. The predicted molar refractivity (Wildman–Crippen MR) is 83.3 cm³/mol. The highest BCUT2D eigenvalue weighted by Gasteiger charge is 2.41. The molecule has 3 aliphatic rings. The number of hydrogen-bond acceptors (Lipinski definition) is 3. The molecule has 0 radical (unpaired) electrons. The van der Waals surface area contributed by atoms with Crippen molar-refractivity contribution < 1.29 is 9.90 Å². The quantitative estimate of drug-likeness (QED) is 0.865. The van der Waals surface area contributed by atoms with E-state index < -0.39 is 5.97 Å². The van der Waals surface area contributed by atoms with Gasteiger partial charge in [0.2, 0.25) is 0 Å². The molecule has 1 N–H and O–H groups in total. The van der Waals surface area contributed by atoms with Crippen molar-refractivity contribution in [3.05, 3.63) is 0 Å². The number of fused-ring (bicyclic) bond motifs is 1. The summed E-state index contributed by atoms with van der Waals surface area (Å²) < 4.78 is 0. The molecule has 4 atom stereocenters. The van der Waals surface area contributed by atoms with Gasteiger partial charge in [0.1, 0.15) is 0 Å². The summed E-state index contributed by atoms with van der Waals surface area (Å²) in [5, 5.41) is 9.61. The Morgan fingerprint density at radius 1 is 1.14 bits per heavy atom. The van der Waals surface area contributed by atoms with Crippen LogP contribution < -0.4 is 0 Å².